The van der Waals surface area contributed by atoms with E-state index in [1.165, 1.54) is 6.21 Å². The van der Waals surface area contributed by atoms with Gasteiger partial charge in [0.05, 0.1) is 21.8 Å². The van der Waals surface area contributed by atoms with E-state index in [0.717, 1.165) is 0 Å². The van der Waals surface area contributed by atoms with Gasteiger partial charge in [-0.05, 0) is 40.2 Å². The molecule has 0 saturated carbocycles. The molecule has 2 aromatic rings. The molecular weight excluding hydrogens is 363 g/mol. The highest BCUT2D eigenvalue weighted by atomic mass is 79.9. The Morgan fingerprint density at radius 1 is 1.10 bits per heavy atom. The maximum Gasteiger partial charge on any atom is 0.272 e. The summed E-state index contributed by atoms with van der Waals surface area (Å²) in [6, 6.07) is 12.2. The number of carbonyl (C=O) groups excluding carboxylic acids is 1. The lowest BCUT2D eigenvalue weighted by molar-refractivity contribution is 0.0954. The summed E-state index contributed by atoms with van der Waals surface area (Å²) in [6.45, 7) is 0. The number of nitrogens with one attached hydrogen (secondary N) is 1. The van der Waals surface area contributed by atoms with Gasteiger partial charge in [0.1, 0.15) is 0 Å². The predicted molar refractivity (Wildman–Crippen MR) is 85.7 cm³/mol. The summed E-state index contributed by atoms with van der Waals surface area (Å²) < 4.78 is 0.698. The molecule has 0 radical (unpaired) electrons. The molecule has 0 saturated heterocycles. The molecule has 0 aliphatic rings. The van der Waals surface area contributed by atoms with E-state index < -0.39 is 0 Å². The number of hydrogen-bond acceptors (Lipinski definition) is 2. The van der Waals surface area contributed by atoms with E-state index in [-0.39, 0.29) is 5.91 Å². The molecule has 102 valence electrons. The maximum absolute atomic E-state index is 11.9. The van der Waals surface area contributed by atoms with Gasteiger partial charge in [-0.25, -0.2) is 5.43 Å². The number of nitrogens with zero attached hydrogens (tertiary/aromatic N) is 1. The molecule has 2 rings (SSSR count). The standard InChI is InChI=1S/C14H9BrCl2N2O/c15-11-5-2-1-4-9(11)14(20)19-18-8-10-12(16)6-3-7-13(10)17/h1-8H,(H,19,20). The van der Waals surface area contributed by atoms with Crippen LogP contribution in [0.2, 0.25) is 10.0 Å². The Hall–Kier alpha value is -1.36. The Morgan fingerprint density at radius 3 is 2.40 bits per heavy atom. The highest BCUT2D eigenvalue weighted by molar-refractivity contribution is 9.10. The molecule has 0 atom stereocenters. The van der Waals surface area contributed by atoms with Gasteiger partial charge in [-0.2, -0.15) is 5.10 Å². The Balaban J connectivity index is 2.11. The van der Waals surface area contributed by atoms with E-state index in [0.29, 0.717) is 25.6 Å². The van der Waals surface area contributed by atoms with Crippen LogP contribution in [0.15, 0.2) is 52.0 Å². The summed E-state index contributed by atoms with van der Waals surface area (Å²) in [5.74, 6) is -0.322. The van der Waals surface area contributed by atoms with Crippen LogP contribution >= 0.6 is 39.1 Å². The second kappa shape index (κ2) is 6.88. The Morgan fingerprint density at radius 2 is 1.75 bits per heavy atom. The van der Waals surface area contributed by atoms with Gasteiger partial charge in [-0.15, -0.1) is 0 Å². The van der Waals surface area contributed by atoms with Crippen molar-refractivity contribution in [1.82, 2.24) is 5.43 Å². The summed E-state index contributed by atoms with van der Waals surface area (Å²) in [7, 11) is 0. The minimum atomic E-state index is -0.322. The zero-order chi connectivity index (χ0) is 14.5. The van der Waals surface area contributed by atoms with Gasteiger partial charge >= 0.3 is 0 Å². The number of hydrazone groups is 1. The number of amides is 1. The van der Waals surface area contributed by atoms with E-state index in [1.54, 1.807) is 36.4 Å². The van der Waals surface area contributed by atoms with Gasteiger partial charge in [0.2, 0.25) is 0 Å². The molecule has 0 spiro atoms. The van der Waals surface area contributed by atoms with E-state index in [2.05, 4.69) is 26.5 Å². The second-order valence-electron chi connectivity index (χ2n) is 3.81. The quantitative estimate of drug-likeness (QED) is 0.625. The van der Waals surface area contributed by atoms with Crippen molar-refractivity contribution >= 4 is 51.3 Å². The minimum absolute atomic E-state index is 0.322. The average Bonchev–Trinajstić information content (AvgIpc) is 2.42. The molecule has 0 aromatic heterocycles. The van der Waals surface area contributed by atoms with Crippen molar-refractivity contribution in [3.63, 3.8) is 0 Å². The van der Waals surface area contributed by atoms with Crippen LogP contribution in [0, 0.1) is 0 Å². The van der Waals surface area contributed by atoms with Crippen molar-refractivity contribution in [1.29, 1.82) is 0 Å². The van der Waals surface area contributed by atoms with Crippen LogP contribution in [0.25, 0.3) is 0 Å². The first-order valence-corrected chi connectivity index (χ1v) is 7.16. The molecule has 0 fully saturated rings. The van der Waals surface area contributed by atoms with Crippen LogP contribution in [0.3, 0.4) is 0 Å². The predicted octanol–water partition coefficient (Wildman–Crippen LogP) is 4.52. The van der Waals surface area contributed by atoms with E-state index >= 15 is 0 Å². The first-order valence-electron chi connectivity index (χ1n) is 5.61. The van der Waals surface area contributed by atoms with Gasteiger partial charge in [0.15, 0.2) is 0 Å². The maximum atomic E-state index is 11.9. The topological polar surface area (TPSA) is 41.5 Å². The van der Waals surface area contributed by atoms with Crippen molar-refractivity contribution in [3.05, 3.63) is 68.1 Å². The Labute approximate surface area is 134 Å². The number of carbonyl (C=O) groups is 1. The van der Waals surface area contributed by atoms with Crippen LogP contribution in [0.1, 0.15) is 15.9 Å². The smallest absolute Gasteiger partial charge is 0.267 e. The third-order valence-corrected chi connectivity index (χ3v) is 3.83. The summed E-state index contributed by atoms with van der Waals surface area (Å²) in [5, 5.41) is 4.80. The lowest BCUT2D eigenvalue weighted by Crippen LogP contribution is -2.18. The Kier molecular flexibility index (Phi) is 5.17. The lowest BCUT2D eigenvalue weighted by Gasteiger charge is -2.03. The molecular formula is C14H9BrCl2N2O. The monoisotopic (exact) mass is 370 g/mol. The molecule has 1 N–H and O–H groups in total. The highest BCUT2D eigenvalue weighted by Gasteiger charge is 2.08. The number of benzene rings is 2. The molecule has 0 heterocycles. The second-order valence-corrected chi connectivity index (χ2v) is 5.48. The highest BCUT2D eigenvalue weighted by Crippen LogP contribution is 2.22. The summed E-state index contributed by atoms with van der Waals surface area (Å²) >= 11 is 15.3. The van der Waals surface area contributed by atoms with E-state index in [1.807, 2.05) is 6.07 Å². The van der Waals surface area contributed by atoms with Gasteiger partial charge in [0.25, 0.3) is 5.91 Å². The zero-order valence-corrected chi connectivity index (χ0v) is 13.2. The molecule has 2 aromatic carbocycles. The fourth-order valence-electron chi connectivity index (χ4n) is 1.50. The number of halogens is 3. The molecule has 20 heavy (non-hydrogen) atoms. The first kappa shape index (κ1) is 15.0. The van der Waals surface area contributed by atoms with Gasteiger partial charge in [0, 0.05) is 10.0 Å². The third kappa shape index (κ3) is 3.60. The molecule has 0 bridgehead atoms. The van der Waals surface area contributed by atoms with E-state index in [4.69, 9.17) is 23.2 Å². The van der Waals surface area contributed by atoms with Gasteiger partial charge < -0.3 is 0 Å². The molecule has 6 heteroatoms. The van der Waals surface area contributed by atoms with Crippen molar-refractivity contribution < 1.29 is 4.79 Å². The summed E-state index contributed by atoms with van der Waals surface area (Å²) in [4.78, 5) is 11.9. The van der Waals surface area contributed by atoms with Gasteiger partial charge in [-0.1, -0.05) is 41.4 Å². The molecule has 3 nitrogen and oxygen atoms in total. The third-order valence-electron chi connectivity index (χ3n) is 2.48. The normalized spacial score (nSPS) is 10.8. The van der Waals surface area contributed by atoms with Crippen LogP contribution in [0.4, 0.5) is 0 Å². The van der Waals surface area contributed by atoms with Crippen molar-refractivity contribution in [2.45, 2.75) is 0 Å². The molecule has 0 aliphatic heterocycles. The number of rotatable bonds is 3. The summed E-state index contributed by atoms with van der Waals surface area (Å²) in [6.07, 6.45) is 1.42. The zero-order valence-electron chi connectivity index (χ0n) is 10.1. The fourth-order valence-corrected chi connectivity index (χ4v) is 2.45. The fraction of sp³-hybridized carbons (Fsp3) is 0. The van der Waals surface area contributed by atoms with Crippen LogP contribution in [-0.2, 0) is 0 Å². The van der Waals surface area contributed by atoms with Gasteiger partial charge in [-0.3, -0.25) is 4.79 Å². The van der Waals surface area contributed by atoms with Crippen LogP contribution < -0.4 is 5.43 Å². The van der Waals surface area contributed by atoms with E-state index in [9.17, 15) is 4.79 Å². The molecule has 1 amide bonds. The largest absolute Gasteiger partial charge is 0.272 e. The van der Waals surface area contributed by atoms with Crippen LogP contribution in [-0.4, -0.2) is 12.1 Å². The number of hydrogen-bond donors (Lipinski definition) is 1. The minimum Gasteiger partial charge on any atom is -0.267 e. The Bertz CT molecular complexity index is 654. The summed E-state index contributed by atoms with van der Waals surface area (Å²) in [5.41, 5.74) is 3.48. The van der Waals surface area contributed by atoms with Crippen molar-refractivity contribution in [3.8, 4) is 0 Å². The molecule has 0 unspecified atom stereocenters. The average molecular weight is 372 g/mol. The van der Waals surface area contributed by atoms with Crippen molar-refractivity contribution in [2.75, 3.05) is 0 Å². The van der Waals surface area contributed by atoms with Crippen molar-refractivity contribution in [2.24, 2.45) is 5.10 Å². The SMILES string of the molecule is O=C(NN=Cc1c(Cl)cccc1Cl)c1ccccc1Br. The van der Waals surface area contributed by atoms with Crippen LogP contribution in [0.5, 0.6) is 0 Å². The first-order chi connectivity index (χ1) is 9.59. The lowest BCUT2D eigenvalue weighted by atomic mass is 10.2. The molecule has 0 aliphatic carbocycles.